The number of aromatic nitrogens is 2. The standard InChI is InChI=1S/C20H17ClN2O/c1-13-17(14-7-8-14)12-18(24-16-9-10-22-19(21)11-16)20(23-13)15-5-3-2-4-6-15/h2-6,9-12,14H,7-8H2,1H3. The van der Waals surface area contributed by atoms with E-state index < -0.39 is 0 Å². The molecule has 1 aliphatic rings. The Kier molecular flexibility index (Phi) is 3.95. The Morgan fingerprint density at radius 2 is 1.88 bits per heavy atom. The highest BCUT2D eigenvalue weighted by Gasteiger charge is 2.27. The van der Waals surface area contributed by atoms with Gasteiger partial charge in [-0.1, -0.05) is 41.9 Å². The van der Waals surface area contributed by atoms with Gasteiger partial charge in [-0.25, -0.2) is 9.97 Å². The summed E-state index contributed by atoms with van der Waals surface area (Å²) in [7, 11) is 0. The van der Waals surface area contributed by atoms with Gasteiger partial charge in [0.15, 0.2) is 5.75 Å². The summed E-state index contributed by atoms with van der Waals surface area (Å²) < 4.78 is 6.13. The van der Waals surface area contributed by atoms with Crippen molar-refractivity contribution in [1.82, 2.24) is 9.97 Å². The first-order valence-corrected chi connectivity index (χ1v) is 8.45. The maximum Gasteiger partial charge on any atom is 0.154 e. The zero-order valence-corrected chi connectivity index (χ0v) is 14.1. The molecule has 24 heavy (non-hydrogen) atoms. The maximum atomic E-state index is 6.13. The Morgan fingerprint density at radius 1 is 1.08 bits per heavy atom. The lowest BCUT2D eigenvalue weighted by molar-refractivity contribution is 0.480. The molecule has 0 aliphatic heterocycles. The summed E-state index contributed by atoms with van der Waals surface area (Å²) in [6, 6.07) is 15.8. The Bertz CT molecular complexity index is 876. The van der Waals surface area contributed by atoms with Gasteiger partial charge in [0.2, 0.25) is 0 Å². The molecule has 1 aliphatic carbocycles. The van der Waals surface area contributed by atoms with Crippen molar-refractivity contribution in [3.05, 3.63) is 71.1 Å². The van der Waals surface area contributed by atoms with Crippen LogP contribution in [0.2, 0.25) is 5.15 Å². The van der Waals surface area contributed by atoms with E-state index in [-0.39, 0.29) is 0 Å². The number of ether oxygens (including phenoxy) is 1. The van der Waals surface area contributed by atoms with E-state index in [2.05, 4.69) is 18.0 Å². The van der Waals surface area contributed by atoms with E-state index >= 15 is 0 Å². The first-order valence-electron chi connectivity index (χ1n) is 8.07. The summed E-state index contributed by atoms with van der Waals surface area (Å²) in [6.07, 6.45) is 4.10. The van der Waals surface area contributed by atoms with Crippen LogP contribution < -0.4 is 4.74 Å². The summed E-state index contributed by atoms with van der Waals surface area (Å²) in [5, 5.41) is 0.413. The molecule has 1 aromatic carbocycles. The van der Waals surface area contributed by atoms with Crippen LogP contribution in [0.25, 0.3) is 11.3 Å². The van der Waals surface area contributed by atoms with Gasteiger partial charge in [0.1, 0.15) is 16.6 Å². The van der Waals surface area contributed by atoms with E-state index in [4.69, 9.17) is 21.3 Å². The summed E-state index contributed by atoms with van der Waals surface area (Å²) in [6.45, 7) is 2.08. The van der Waals surface area contributed by atoms with Crippen molar-refractivity contribution in [1.29, 1.82) is 0 Å². The molecule has 3 aromatic rings. The van der Waals surface area contributed by atoms with Gasteiger partial charge in [-0.2, -0.15) is 0 Å². The van der Waals surface area contributed by atoms with E-state index in [9.17, 15) is 0 Å². The van der Waals surface area contributed by atoms with Crippen molar-refractivity contribution in [2.24, 2.45) is 0 Å². The molecule has 2 aromatic heterocycles. The van der Waals surface area contributed by atoms with E-state index in [1.807, 2.05) is 30.3 Å². The molecule has 2 heterocycles. The van der Waals surface area contributed by atoms with Crippen LogP contribution in [-0.2, 0) is 0 Å². The van der Waals surface area contributed by atoms with Gasteiger partial charge in [-0.3, -0.25) is 0 Å². The second-order valence-electron chi connectivity index (χ2n) is 6.07. The SMILES string of the molecule is Cc1nc(-c2ccccc2)c(Oc2ccnc(Cl)c2)cc1C1CC1. The molecule has 0 amide bonds. The van der Waals surface area contributed by atoms with E-state index in [1.165, 1.54) is 18.4 Å². The highest BCUT2D eigenvalue weighted by molar-refractivity contribution is 6.29. The van der Waals surface area contributed by atoms with Crippen LogP contribution in [0.3, 0.4) is 0 Å². The molecular weight excluding hydrogens is 320 g/mol. The molecule has 4 rings (SSSR count). The lowest BCUT2D eigenvalue weighted by Crippen LogP contribution is -1.98. The zero-order chi connectivity index (χ0) is 16.5. The molecule has 0 radical (unpaired) electrons. The number of pyridine rings is 2. The van der Waals surface area contributed by atoms with Crippen molar-refractivity contribution in [2.75, 3.05) is 0 Å². The third kappa shape index (κ3) is 3.13. The van der Waals surface area contributed by atoms with Crippen LogP contribution in [0, 0.1) is 6.92 Å². The lowest BCUT2D eigenvalue weighted by Gasteiger charge is -2.14. The minimum Gasteiger partial charge on any atom is -0.455 e. The molecule has 0 saturated heterocycles. The molecule has 0 spiro atoms. The van der Waals surface area contributed by atoms with Crippen LogP contribution in [0.1, 0.15) is 30.0 Å². The van der Waals surface area contributed by atoms with Crippen LogP contribution in [0.15, 0.2) is 54.7 Å². The fraction of sp³-hybridized carbons (Fsp3) is 0.200. The van der Waals surface area contributed by atoms with Crippen LogP contribution in [-0.4, -0.2) is 9.97 Å². The molecular formula is C20H17ClN2O. The number of benzene rings is 1. The topological polar surface area (TPSA) is 35.0 Å². The minimum absolute atomic E-state index is 0.413. The second-order valence-corrected chi connectivity index (χ2v) is 6.45. The fourth-order valence-electron chi connectivity index (χ4n) is 2.86. The largest absolute Gasteiger partial charge is 0.455 e. The van der Waals surface area contributed by atoms with Crippen LogP contribution in [0.5, 0.6) is 11.5 Å². The second kappa shape index (κ2) is 6.25. The van der Waals surface area contributed by atoms with Gasteiger partial charge in [0.05, 0.1) is 0 Å². The Balaban J connectivity index is 1.81. The summed E-state index contributed by atoms with van der Waals surface area (Å²) >= 11 is 5.98. The third-order valence-corrected chi connectivity index (χ3v) is 4.41. The predicted octanol–water partition coefficient (Wildman–Crippen LogP) is 5.78. The number of aryl methyl sites for hydroxylation is 1. The van der Waals surface area contributed by atoms with E-state index in [0.717, 1.165) is 22.7 Å². The lowest BCUT2D eigenvalue weighted by atomic mass is 10.0. The van der Waals surface area contributed by atoms with Crippen molar-refractivity contribution in [2.45, 2.75) is 25.7 Å². The fourth-order valence-corrected chi connectivity index (χ4v) is 3.03. The molecule has 0 N–H and O–H groups in total. The van der Waals surface area contributed by atoms with Crippen LogP contribution in [0.4, 0.5) is 0 Å². The molecule has 0 unspecified atom stereocenters. The van der Waals surface area contributed by atoms with E-state index in [0.29, 0.717) is 16.8 Å². The first-order chi connectivity index (χ1) is 11.7. The van der Waals surface area contributed by atoms with Gasteiger partial charge < -0.3 is 4.74 Å². The van der Waals surface area contributed by atoms with Crippen molar-refractivity contribution in [3.63, 3.8) is 0 Å². The average molecular weight is 337 g/mol. The molecule has 3 nitrogen and oxygen atoms in total. The van der Waals surface area contributed by atoms with Gasteiger partial charge in [0, 0.05) is 23.5 Å². The van der Waals surface area contributed by atoms with Gasteiger partial charge in [-0.15, -0.1) is 0 Å². The van der Waals surface area contributed by atoms with Gasteiger partial charge in [-0.05, 0) is 43.4 Å². The summed E-state index contributed by atoms with van der Waals surface area (Å²) in [5.74, 6) is 2.04. The Morgan fingerprint density at radius 3 is 2.58 bits per heavy atom. The van der Waals surface area contributed by atoms with E-state index in [1.54, 1.807) is 18.3 Å². The maximum absolute atomic E-state index is 6.13. The highest BCUT2D eigenvalue weighted by atomic mass is 35.5. The number of halogens is 1. The number of rotatable bonds is 4. The number of nitrogens with zero attached hydrogens (tertiary/aromatic N) is 2. The molecule has 120 valence electrons. The number of hydrogen-bond donors (Lipinski definition) is 0. The Labute approximate surface area is 146 Å². The average Bonchev–Trinajstić information content (AvgIpc) is 3.42. The molecule has 4 heteroatoms. The zero-order valence-electron chi connectivity index (χ0n) is 13.4. The van der Waals surface area contributed by atoms with Crippen molar-refractivity contribution >= 4 is 11.6 Å². The van der Waals surface area contributed by atoms with Crippen molar-refractivity contribution in [3.8, 4) is 22.8 Å². The normalized spacial score (nSPS) is 13.8. The third-order valence-electron chi connectivity index (χ3n) is 4.21. The smallest absolute Gasteiger partial charge is 0.154 e. The molecule has 0 bridgehead atoms. The summed E-state index contributed by atoms with van der Waals surface area (Å²) in [4.78, 5) is 8.85. The molecule has 1 fully saturated rings. The van der Waals surface area contributed by atoms with Crippen LogP contribution >= 0.6 is 11.6 Å². The Hall–Kier alpha value is -2.39. The van der Waals surface area contributed by atoms with Gasteiger partial charge in [0.25, 0.3) is 0 Å². The highest BCUT2D eigenvalue weighted by Crippen LogP contribution is 2.44. The van der Waals surface area contributed by atoms with Gasteiger partial charge >= 0.3 is 0 Å². The molecule has 0 atom stereocenters. The minimum atomic E-state index is 0.413. The first kappa shape index (κ1) is 15.2. The molecule has 1 saturated carbocycles. The summed E-state index contributed by atoms with van der Waals surface area (Å²) in [5.41, 5.74) is 4.25. The van der Waals surface area contributed by atoms with Crippen molar-refractivity contribution < 1.29 is 4.74 Å². The quantitative estimate of drug-likeness (QED) is 0.567. The monoisotopic (exact) mass is 336 g/mol. The number of hydrogen-bond acceptors (Lipinski definition) is 3. The predicted molar refractivity (Wildman–Crippen MR) is 95.7 cm³/mol.